The zero-order valence-corrected chi connectivity index (χ0v) is 33.4. The van der Waals surface area contributed by atoms with Crippen molar-refractivity contribution >= 4 is 57.4 Å². The minimum absolute atomic E-state index is 0.0183. The van der Waals surface area contributed by atoms with Crippen LogP contribution in [0.3, 0.4) is 0 Å². The number of aromatic nitrogens is 7. The summed E-state index contributed by atoms with van der Waals surface area (Å²) in [6.45, 7) is 5.68. The Bertz CT molecular complexity index is 2490. The summed E-state index contributed by atoms with van der Waals surface area (Å²) in [5.74, 6) is -0.698. The lowest BCUT2D eigenvalue weighted by atomic mass is 9.85. The van der Waals surface area contributed by atoms with Gasteiger partial charge in [-0.3, -0.25) is 39.2 Å². The number of piperazine rings is 1. The molecule has 1 saturated carbocycles. The molecule has 3 atom stereocenters. The lowest BCUT2D eigenvalue weighted by Crippen LogP contribution is -2.49. The number of carbonyl (C=O) groups is 4. The van der Waals surface area contributed by atoms with Crippen molar-refractivity contribution in [3.05, 3.63) is 59.8 Å². The summed E-state index contributed by atoms with van der Waals surface area (Å²) < 4.78 is 37.4. The number of para-hydroxylation sites is 1. The number of ether oxygens (including phenoxy) is 1. The fourth-order valence-electron chi connectivity index (χ4n) is 9.77. The highest BCUT2D eigenvalue weighted by atomic mass is 19.3. The van der Waals surface area contributed by atoms with Crippen LogP contribution < -0.4 is 20.9 Å². The van der Waals surface area contributed by atoms with Gasteiger partial charge in [0.25, 0.3) is 12.3 Å². The first-order valence-corrected chi connectivity index (χ1v) is 21.1. The molecular formula is C41H47F2N13O5. The average molecular weight is 840 g/mol. The number of hydrogen-bond acceptors (Lipinski definition) is 12. The van der Waals surface area contributed by atoms with Gasteiger partial charge in [0, 0.05) is 63.5 Å². The van der Waals surface area contributed by atoms with Crippen LogP contribution >= 0.6 is 0 Å². The van der Waals surface area contributed by atoms with Gasteiger partial charge in [0.05, 0.1) is 60.5 Å². The molecule has 4 aromatic heterocycles. The van der Waals surface area contributed by atoms with E-state index in [4.69, 9.17) is 9.72 Å². The molecular weight excluding hydrogens is 793 g/mol. The minimum atomic E-state index is -2.87. The largest absolute Gasteiger partial charge is 0.374 e. The summed E-state index contributed by atoms with van der Waals surface area (Å²) in [6, 6.07) is 7.48. The maximum absolute atomic E-state index is 14.3. The Balaban J connectivity index is 0.699. The Hall–Kier alpha value is -5.86. The molecule has 0 radical (unpaired) electrons. The van der Waals surface area contributed by atoms with Crippen LogP contribution in [0.2, 0.25) is 0 Å². The highest BCUT2D eigenvalue weighted by Crippen LogP contribution is 2.37. The van der Waals surface area contributed by atoms with Gasteiger partial charge in [0.2, 0.25) is 17.7 Å². The molecule has 0 spiro atoms. The molecule has 5 aromatic rings. The highest BCUT2D eigenvalue weighted by Gasteiger charge is 2.40. The van der Waals surface area contributed by atoms with Crippen molar-refractivity contribution in [2.75, 3.05) is 68.0 Å². The minimum Gasteiger partial charge on any atom is -0.374 e. The molecule has 5 fully saturated rings. The van der Waals surface area contributed by atoms with E-state index in [0.717, 1.165) is 82.6 Å². The van der Waals surface area contributed by atoms with Gasteiger partial charge in [0.1, 0.15) is 16.9 Å². The molecule has 4 N–H and O–H groups in total. The Labute approximate surface area is 348 Å². The van der Waals surface area contributed by atoms with E-state index < -0.39 is 23.9 Å². The number of H-pyrrole nitrogens is 1. The zero-order chi connectivity index (χ0) is 41.8. The first kappa shape index (κ1) is 39.3. The summed E-state index contributed by atoms with van der Waals surface area (Å²) in [7, 11) is 0. The molecule has 0 unspecified atom stereocenters. The average Bonchev–Trinajstić information content (AvgIpc) is 4.11. The van der Waals surface area contributed by atoms with Gasteiger partial charge in [-0.1, -0.05) is 12.1 Å². The van der Waals surface area contributed by atoms with Gasteiger partial charge in [-0.15, -0.1) is 0 Å². The highest BCUT2D eigenvalue weighted by molar-refractivity contribution is 6.08. The third-order valence-corrected chi connectivity index (χ3v) is 13.0. The third-order valence-electron chi connectivity index (χ3n) is 13.0. The number of aromatic amines is 1. The summed E-state index contributed by atoms with van der Waals surface area (Å²) in [5, 5.41) is 24.7. The number of nitrogens with zero attached hydrogens (tertiary/aromatic N) is 9. The fraction of sp³-hybridized carbons (Fsp3) is 0.512. The predicted octanol–water partition coefficient (Wildman–Crippen LogP) is 3.48. The molecule has 20 heteroatoms. The molecule has 2 bridgehead atoms. The number of hydrogen-bond donors (Lipinski definition) is 4. The van der Waals surface area contributed by atoms with Crippen LogP contribution in [-0.2, 0) is 19.1 Å². The number of piperidine rings is 1. The molecule has 18 nitrogen and oxygen atoms in total. The van der Waals surface area contributed by atoms with Crippen molar-refractivity contribution in [2.45, 2.75) is 75.5 Å². The quantitative estimate of drug-likeness (QED) is 0.142. The number of rotatable bonds is 11. The van der Waals surface area contributed by atoms with Gasteiger partial charge >= 0.3 is 0 Å². The molecule has 1 aromatic carbocycles. The van der Waals surface area contributed by atoms with Crippen molar-refractivity contribution in [1.82, 2.24) is 49.7 Å². The summed E-state index contributed by atoms with van der Waals surface area (Å²) >= 11 is 0. The van der Waals surface area contributed by atoms with Crippen LogP contribution in [0, 0.1) is 5.92 Å². The van der Waals surface area contributed by atoms with Gasteiger partial charge in [-0.05, 0) is 56.6 Å². The van der Waals surface area contributed by atoms with Gasteiger partial charge in [-0.25, -0.2) is 18.3 Å². The normalized spacial score (nSPS) is 24.9. The maximum Gasteiger partial charge on any atom is 0.284 e. The van der Waals surface area contributed by atoms with E-state index in [-0.39, 0.29) is 60.1 Å². The monoisotopic (exact) mass is 839 g/mol. The van der Waals surface area contributed by atoms with Gasteiger partial charge in [0.15, 0.2) is 11.3 Å². The van der Waals surface area contributed by atoms with Crippen molar-refractivity contribution < 1.29 is 32.7 Å². The molecule has 4 aliphatic heterocycles. The van der Waals surface area contributed by atoms with E-state index in [0.29, 0.717) is 41.5 Å². The van der Waals surface area contributed by atoms with E-state index >= 15 is 0 Å². The number of benzene rings is 1. The molecule has 4 saturated heterocycles. The zero-order valence-electron chi connectivity index (χ0n) is 33.4. The first-order chi connectivity index (χ1) is 29.6. The summed E-state index contributed by atoms with van der Waals surface area (Å²) in [6.07, 6.45) is 6.98. The lowest BCUT2D eigenvalue weighted by Gasteiger charge is -2.38. The standard InChI is InChI=1S/C41H47F2N13O5/c42-38(43)37-31(46-41(60)29-17-44-55-11-10-32(47-39(29)55)54-19-26-16-25(54)22-61-26)20-56(51-37)24-6-4-23(5-7-24)18-52-12-14-53(15-13-52)21-34(58)45-30-3-1-2-27-35(49-50-36(27)30)28-8-9-33(57)48-40(28)59/h1-3,10-11,17,20,23-26,28,38H,4-9,12-16,18-19,21-22H2,(H,45,58)(H,46,60)(H,49,50)(H,48,57,59)/t23?,24?,25-,26-,28-/m0/s1. The Kier molecular flexibility index (Phi) is 10.4. The second-order valence-electron chi connectivity index (χ2n) is 16.9. The van der Waals surface area contributed by atoms with Crippen LogP contribution in [0.5, 0.6) is 0 Å². The maximum atomic E-state index is 14.3. The van der Waals surface area contributed by atoms with E-state index in [1.54, 1.807) is 16.9 Å². The van der Waals surface area contributed by atoms with Crippen molar-refractivity contribution in [3.63, 3.8) is 0 Å². The summed E-state index contributed by atoms with van der Waals surface area (Å²) in [5.41, 5.74) is 1.81. The number of anilines is 3. The SMILES string of the molecule is O=C1CC[C@@H](c2[nH]nc3c(NC(=O)CN4CCN(CC5CCC(n6cc(NC(=O)c7cnn8ccc(N9C[C@@H]%10C[C@H]9CO%10)nc78)c(C(F)F)n6)CC5)CC4)cccc23)C(=O)N1. The van der Waals surface area contributed by atoms with E-state index in [1.807, 2.05) is 18.2 Å². The number of alkyl halides is 2. The smallest absolute Gasteiger partial charge is 0.284 e. The van der Waals surface area contributed by atoms with Gasteiger partial charge < -0.3 is 25.2 Å². The van der Waals surface area contributed by atoms with Gasteiger partial charge in [-0.2, -0.15) is 15.3 Å². The number of fused-ring (bicyclic) bond motifs is 4. The molecule has 320 valence electrons. The van der Waals surface area contributed by atoms with Crippen LogP contribution in [-0.4, -0.2) is 133 Å². The molecule has 4 amide bonds. The Morgan fingerprint density at radius 2 is 1.79 bits per heavy atom. The molecule has 10 rings (SSSR count). The number of carbonyl (C=O) groups excluding carboxylic acids is 4. The second kappa shape index (κ2) is 16.2. The van der Waals surface area contributed by atoms with Crippen LogP contribution in [0.4, 0.5) is 26.0 Å². The molecule has 8 heterocycles. The Morgan fingerprint density at radius 3 is 2.54 bits per heavy atom. The molecule has 1 aliphatic carbocycles. The van der Waals surface area contributed by atoms with E-state index in [9.17, 15) is 28.0 Å². The number of imide groups is 1. The Morgan fingerprint density at radius 1 is 0.967 bits per heavy atom. The van der Waals surface area contributed by atoms with Crippen molar-refractivity contribution in [3.8, 4) is 0 Å². The topological polar surface area (TPSA) is 200 Å². The van der Waals surface area contributed by atoms with Crippen LogP contribution in [0.25, 0.3) is 16.6 Å². The second-order valence-corrected chi connectivity index (χ2v) is 16.9. The molecule has 61 heavy (non-hydrogen) atoms. The number of nitrogens with one attached hydrogen (secondary N) is 4. The third kappa shape index (κ3) is 7.83. The molecule has 5 aliphatic rings. The van der Waals surface area contributed by atoms with Crippen molar-refractivity contribution in [2.24, 2.45) is 5.92 Å². The van der Waals surface area contributed by atoms with Crippen LogP contribution in [0.1, 0.15) is 85.1 Å². The first-order valence-electron chi connectivity index (χ1n) is 21.1. The van der Waals surface area contributed by atoms with Crippen molar-refractivity contribution in [1.29, 1.82) is 0 Å². The number of halogens is 2. The van der Waals surface area contributed by atoms with E-state index in [2.05, 4.69) is 51.0 Å². The fourth-order valence-corrected chi connectivity index (χ4v) is 9.77. The van der Waals surface area contributed by atoms with Crippen LogP contribution in [0.15, 0.2) is 42.9 Å². The predicted molar refractivity (Wildman–Crippen MR) is 217 cm³/mol. The number of morpholine rings is 1. The van der Waals surface area contributed by atoms with E-state index in [1.165, 1.54) is 16.9 Å². The lowest BCUT2D eigenvalue weighted by molar-refractivity contribution is -0.134. The summed E-state index contributed by atoms with van der Waals surface area (Å²) in [4.78, 5) is 62.3. The number of amides is 4.